The molecule has 3 N–H and O–H groups in total. The first-order chi connectivity index (χ1) is 27.7. The van der Waals surface area contributed by atoms with E-state index >= 15 is 0 Å². The van der Waals surface area contributed by atoms with Crippen LogP contribution in [0.1, 0.15) is 98.0 Å². The van der Waals surface area contributed by atoms with Crippen molar-refractivity contribution in [2.45, 2.75) is 166 Å². The van der Waals surface area contributed by atoms with Gasteiger partial charge < -0.3 is 53.2 Å². The molecule has 1 aromatic carbocycles. The molecule has 3 fully saturated rings. The minimum Gasteiger partial charge on any atom is -0.463 e. The average Bonchev–Trinajstić information content (AvgIpc) is 3.20. The first-order valence-corrected chi connectivity index (χ1v) is 20.0. The molecule has 0 amide bonds. The third-order valence-electron chi connectivity index (χ3n) is 10.2. The van der Waals surface area contributed by atoms with Gasteiger partial charge in [-0.1, -0.05) is 62.6 Å². The monoisotopic (exact) mass is 818 g/mol. The summed E-state index contributed by atoms with van der Waals surface area (Å²) in [5.41, 5.74) is 0.825. The number of aliphatic hydroxyl groups excluding tert-OH is 3. The van der Waals surface area contributed by atoms with Gasteiger partial charge >= 0.3 is 23.9 Å². The molecule has 0 aliphatic carbocycles. The Labute approximate surface area is 338 Å². The maximum atomic E-state index is 13.3. The standard InChI is InChI=1S/C42H58O16/c1-6-14-28-17-12-9-13-18-30(53-26(5)43)29(44)20-22-32(45)51-23-31-37(56-33(46)21-19-27-15-10-8-11-16-27)38(57-40(50)24(3)7-2)36(49)41(55-31)58-39-35(48)34(47)25(4)52-42(39)54-28/h7-8,10-11,15-16,19,21,25,28,30-31,34-39,41-42,47-49H,6,9,12-14,17-18,20,22-23H2,1-5H3/t25?,28-,30-,31?,34?,35?,36?,37?,38?,39?,41?,42?/m0/s1. The summed E-state index contributed by atoms with van der Waals surface area (Å²) in [6.45, 7) is 7.16. The van der Waals surface area contributed by atoms with Crippen LogP contribution in [-0.4, -0.2) is 125 Å². The number of esters is 4. The van der Waals surface area contributed by atoms with Crippen LogP contribution >= 0.6 is 0 Å². The predicted octanol–water partition coefficient (Wildman–Crippen LogP) is 3.40. The van der Waals surface area contributed by atoms with Gasteiger partial charge in [-0.2, -0.15) is 0 Å². The normalized spacial score (nSPS) is 33.6. The van der Waals surface area contributed by atoms with Gasteiger partial charge in [-0.05, 0) is 58.1 Å². The number of allylic oxidation sites excluding steroid dienone is 1. The maximum absolute atomic E-state index is 13.3. The molecule has 0 saturated carbocycles. The number of benzene rings is 1. The number of hydrogen-bond acceptors (Lipinski definition) is 16. The molecule has 3 saturated heterocycles. The molecule has 0 radical (unpaired) electrons. The number of carbonyl (C=O) groups is 5. The van der Waals surface area contributed by atoms with Crippen molar-refractivity contribution in [2.24, 2.45) is 0 Å². The molecule has 2 bridgehead atoms. The third kappa shape index (κ3) is 13.5. The number of rotatable bonds is 8. The first-order valence-electron chi connectivity index (χ1n) is 20.0. The molecule has 0 spiro atoms. The highest BCUT2D eigenvalue weighted by Gasteiger charge is 2.54. The van der Waals surface area contributed by atoms with Crippen molar-refractivity contribution in [1.82, 2.24) is 0 Å². The molecular formula is C42H58O16. The quantitative estimate of drug-likeness (QED) is 0.194. The second-order valence-electron chi connectivity index (χ2n) is 14.7. The van der Waals surface area contributed by atoms with E-state index < -0.39 is 116 Å². The summed E-state index contributed by atoms with van der Waals surface area (Å²) in [4.78, 5) is 64.6. The molecule has 4 rings (SSSR count). The van der Waals surface area contributed by atoms with E-state index in [0.29, 0.717) is 37.7 Å². The lowest BCUT2D eigenvalue weighted by Gasteiger charge is -2.47. The summed E-state index contributed by atoms with van der Waals surface area (Å²) in [5.74, 6) is -3.75. The Bertz CT molecular complexity index is 1580. The molecule has 3 heterocycles. The number of ether oxygens (including phenoxy) is 8. The van der Waals surface area contributed by atoms with Crippen LogP contribution in [0.2, 0.25) is 0 Å². The van der Waals surface area contributed by atoms with E-state index in [4.69, 9.17) is 37.9 Å². The second-order valence-corrected chi connectivity index (χ2v) is 14.7. The molecule has 3 aliphatic heterocycles. The highest BCUT2D eigenvalue weighted by Crippen LogP contribution is 2.34. The Morgan fingerprint density at radius 1 is 0.828 bits per heavy atom. The molecule has 16 heteroatoms. The van der Waals surface area contributed by atoms with Gasteiger partial charge in [-0.3, -0.25) is 14.4 Å². The Hall–Kier alpha value is -4.03. The Morgan fingerprint density at radius 2 is 1.55 bits per heavy atom. The maximum Gasteiger partial charge on any atom is 0.333 e. The lowest BCUT2D eigenvalue weighted by molar-refractivity contribution is -0.369. The van der Waals surface area contributed by atoms with Crippen LogP contribution in [0.3, 0.4) is 0 Å². The topological polar surface area (TPSA) is 220 Å². The summed E-state index contributed by atoms with van der Waals surface area (Å²) in [7, 11) is 0. The molecular weight excluding hydrogens is 760 g/mol. The van der Waals surface area contributed by atoms with Gasteiger partial charge in [-0.25, -0.2) is 9.59 Å². The number of carbonyl (C=O) groups excluding carboxylic acids is 5. The summed E-state index contributed by atoms with van der Waals surface area (Å²) >= 11 is 0. The van der Waals surface area contributed by atoms with E-state index in [9.17, 15) is 39.3 Å². The van der Waals surface area contributed by atoms with Gasteiger partial charge in [0.25, 0.3) is 0 Å². The van der Waals surface area contributed by atoms with Gasteiger partial charge in [0.15, 0.2) is 36.7 Å². The van der Waals surface area contributed by atoms with Crippen LogP contribution in [0.5, 0.6) is 0 Å². The van der Waals surface area contributed by atoms with Crippen LogP contribution in [-0.2, 0) is 61.9 Å². The average molecular weight is 819 g/mol. The molecule has 12 atom stereocenters. The molecule has 1 aromatic rings. The Kier molecular flexibility index (Phi) is 18.5. The lowest BCUT2D eigenvalue weighted by Crippen LogP contribution is -2.65. The highest BCUT2D eigenvalue weighted by atomic mass is 16.8. The summed E-state index contributed by atoms with van der Waals surface area (Å²) in [6.07, 6.45) is -9.21. The number of Topliss-reactive ketones (excluding diaryl/α,β-unsaturated/α-hetero) is 1. The zero-order valence-electron chi connectivity index (χ0n) is 33.8. The third-order valence-corrected chi connectivity index (χ3v) is 10.2. The van der Waals surface area contributed by atoms with Gasteiger partial charge in [0.1, 0.15) is 37.1 Å². The van der Waals surface area contributed by atoms with Gasteiger partial charge in [0.05, 0.1) is 18.6 Å². The zero-order valence-corrected chi connectivity index (χ0v) is 33.8. The number of fused-ring (bicyclic) bond motifs is 3. The lowest BCUT2D eigenvalue weighted by atomic mass is 9.96. The van der Waals surface area contributed by atoms with Crippen molar-refractivity contribution in [2.75, 3.05) is 6.61 Å². The van der Waals surface area contributed by atoms with E-state index in [1.807, 2.05) is 6.92 Å². The zero-order chi connectivity index (χ0) is 42.4. The molecule has 3 aliphatic rings. The van der Waals surface area contributed by atoms with Crippen LogP contribution in [0.4, 0.5) is 0 Å². The first kappa shape index (κ1) is 46.7. The van der Waals surface area contributed by atoms with Crippen LogP contribution < -0.4 is 0 Å². The van der Waals surface area contributed by atoms with Crippen molar-refractivity contribution in [3.05, 3.63) is 53.6 Å². The fraction of sp³-hybridized carbons (Fsp3) is 0.643. The molecule has 16 nitrogen and oxygen atoms in total. The van der Waals surface area contributed by atoms with Crippen LogP contribution in [0.25, 0.3) is 6.08 Å². The van der Waals surface area contributed by atoms with E-state index in [-0.39, 0.29) is 18.4 Å². The fourth-order valence-corrected chi connectivity index (χ4v) is 6.86. The number of cyclic esters (lactones) is 1. The van der Waals surface area contributed by atoms with E-state index in [1.165, 1.54) is 26.0 Å². The number of aliphatic hydroxyl groups is 3. The molecule has 10 unspecified atom stereocenters. The van der Waals surface area contributed by atoms with Crippen molar-refractivity contribution in [3.63, 3.8) is 0 Å². The van der Waals surface area contributed by atoms with Crippen LogP contribution in [0, 0.1) is 0 Å². The van der Waals surface area contributed by atoms with Crippen molar-refractivity contribution < 1.29 is 77.2 Å². The largest absolute Gasteiger partial charge is 0.463 e. The molecule has 58 heavy (non-hydrogen) atoms. The molecule has 0 aromatic heterocycles. The Morgan fingerprint density at radius 3 is 2.24 bits per heavy atom. The van der Waals surface area contributed by atoms with Crippen molar-refractivity contribution in [1.29, 1.82) is 0 Å². The van der Waals surface area contributed by atoms with Gasteiger partial charge in [-0.15, -0.1) is 0 Å². The van der Waals surface area contributed by atoms with Crippen molar-refractivity contribution >= 4 is 35.7 Å². The highest BCUT2D eigenvalue weighted by molar-refractivity contribution is 5.89. The number of hydrogen-bond donors (Lipinski definition) is 3. The molecule has 322 valence electrons. The van der Waals surface area contributed by atoms with E-state index in [0.717, 1.165) is 12.5 Å². The Balaban J connectivity index is 1.73. The smallest absolute Gasteiger partial charge is 0.333 e. The summed E-state index contributed by atoms with van der Waals surface area (Å²) in [6, 6.07) is 8.84. The van der Waals surface area contributed by atoms with E-state index in [2.05, 4.69) is 0 Å². The van der Waals surface area contributed by atoms with Crippen molar-refractivity contribution in [3.8, 4) is 0 Å². The minimum absolute atomic E-state index is 0.154. The van der Waals surface area contributed by atoms with Crippen LogP contribution in [0.15, 0.2) is 48.1 Å². The predicted molar refractivity (Wildman–Crippen MR) is 204 cm³/mol. The fourth-order valence-electron chi connectivity index (χ4n) is 6.86. The summed E-state index contributed by atoms with van der Waals surface area (Å²) in [5, 5.41) is 34.1. The SMILES string of the molecule is CC=C(C)C(=O)OC1C(O)C2OC(COC(=O)CCC(=O)[C@@H](OC(C)=O)CCCCC[C@H](CCC)OC3OC(C)C(O)C(O)C3O2)C1OC(=O)C=Cc1ccccc1. The number of ketones is 1. The minimum atomic E-state index is -1.89. The van der Waals surface area contributed by atoms with Gasteiger partial charge in [0, 0.05) is 25.0 Å². The van der Waals surface area contributed by atoms with Gasteiger partial charge in [0.2, 0.25) is 0 Å². The summed E-state index contributed by atoms with van der Waals surface area (Å²) < 4.78 is 47.1. The van der Waals surface area contributed by atoms with E-state index in [1.54, 1.807) is 44.2 Å². The second kappa shape index (κ2) is 22.9.